The molecule has 0 saturated heterocycles. The average molecular weight is 419 g/mol. The Morgan fingerprint density at radius 2 is 2.07 bits per heavy atom. The number of carboxylic acids is 1. The Morgan fingerprint density at radius 1 is 1.25 bits per heavy atom. The Balaban J connectivity index is 1.80. The van der Waals surface area contributed by atoms with Crippen molar-refractivity contribution in [1.82, 2.24) is 9.72 Å². The molecule has 4 rings (SSSR count). The van der Waals surface area contributed by atoms with E-state index >= 15 is 0 Å². The quantitative estimate of drug-likeness (QED) is 0.485. The van der Waals surface area contributed by atoms with Crippen LogP contribution in [0.15, 0.2) is 40.9 Å². The maximum atomic E-state index is 11.8. The van der Waals surface area contributed by atoms with Crippen molar-refractivity contribution in [3.63, 3.8) is 0 Å². The first-order chi connectivity index (χ1) is 13.5. The van der Waals surface area contributed by atoms with Gasteiger partial charge in [-0.05, 0) is 18.2 Å². The van der Waals surface area contributed by atoms with E-state index in [0.29, 0.717) is 38.2 Å². The third-order valence-corrected chi connectivity index (χ3v) is 5.57. The molecule has 3 aromatic heterocycles. The SMILES string of the molecule is COc1cc(OC)c2cc(C(=O)O)n(Cc3cc(-c4ccc(Cl)s4)on3)c2c1. The van der Waals surface area contributed by atoms with Crippen molar-refractivity contribution in [1.29, 1.82) is 0 Å². The number of aromatic carboxylic acids is 1. The van der Waals surface area contributed by atoms with Gasteiger partial charge in [-0.2, -0.15) is 0 Å². The molecule has 4 aromatic rings. The van der Waals surface area contributed by atoms with Crippen molar-refractivity contribution in [2.45, 2.75) is 6.54 Å². The molecule has 28 heavy (non-hydrogen) atoms. The molecule has 0 atom stereocenters. The molecule has 0 aliphatic rings. The topological polar surface area (TPSA) is 86.7 Å². The van der Waals surface area contributed by atoms with Gasteiger partial charge in [0.2, 0.25) is 0 Å². The van der Waals surface area contributed by atoms with Crippen molar-refractivity contribution in [2.24, 2.45) is 0 Å². The molecule has 0 spiro atoms. The van der Waals surface area contributed by atoms with Crippen LogP contribution < -0.4 is 9.47 Å². The summed E-state index contributed by atoms with van der Waals surface area (Å²) < 4.78 is 18.4. The molecule has 7 nitrogen and oxygen atoms in total. The van der Waals surface area contributed by atoms with E-state index in [1.165, 1.54) is 18.4 Å². The van der Waals surface area contributed by atoms with E-state index < -0.39 is 5.97 Å². The van der Waals surface area contributed by atoms with Crippen LogP contribution in [-0.2, 0) is 6.54 Å². The van der Waals surface area contributed by atoms with Crippen LogP contribution in [0.1, 0.15) is 16.2 Å². The van der Waals surface area contributed by atoms with Gasteiger partial charge in [-0.25, -0.2) is 4.79 Å². The van der Waals surface area contributed by atoms with Gasteiger partial charge in [0.05, 0.1) is 35.5 Å². The lowest BCUT2D eigenvalue weighted by molar-refractivity contribution is 0.0686. The molecule has 0 aliphatic carbocycles. The van der Waals surface area contributed by atoms with Crippen LogP contribution in [0, 0.1) is 0 Å². The van der Waals surface area contributed by atoms with Crippen LogP contribution in [-0.4, -0.2) is 35.0 Å². The van der Waals surface area contributed by atoms with E-state index in [1.807, 2.05) is 6.07 Å². The zero-order valence-electron chi connectivity index (χ0n) is 14.9. The zero-order valence-corrected chi connectivity index (χ0v) is 16.5. The molecule has 144 valence electrons. The predicted octanol–water partition coefficient (Wildman–Crippen LogP) is 4.77. The van der Waals surface area contributed by atoms with E-state index in [4.69, 9.17) is 25.6 Å². The van der Waals surface area contributed by atoms with Gasteiger partial charge in [0.1, 0.15) is 22.9 Å². The molecule has 0 bridgehead atoms. The largest absolute Gasteiger partial charge is 0.497 e. The van der Waals surface area contributed by atoms with Gasteiger partial charge in [0.25, 0.3) is 0 Å². The summed E-state index contributed by atoms with van der Waals surface area (Å²) in [6.45, 7) is 0.212. The van der Waals surface area contributed by atoms with Crippen molar-refractivity contribution in [3.05, 3.63) is 52.1 Å². The van der Waals surface area contributed by atoms with Gasteiger partial charge >= 0.3 is 5.97 Å². The van der Waals surface area contributed by atoms with Crippen molar-refractivity contribution in [2.75, 3.05) is 14.2 Å². The summed E-state index contributed by atoms with van der Waals surface area (Å²) in [4.78, 5) is 12.7. The van der Waals surface area contributed by atoms with Crippen LogP contribution in [0.5, 0.6) is 11.5 Å². The Kier molecular flexibility index (Phi) is 4.74. The number of benzene rings is 1. The Morgan fingerprint density at radius 3 is 2.71 bits per heavy atom. The molecule has 1 N–H and O–H groups in total. The number of methoxy groups -OCH3 is 2. The number of hydrogen-bond donors (Lipinski definition) is 1. The number of rotatable bonds is 6. The molecule has 1 aromatic carbocycles. The number of aromatic nitrogens is 2. The number of carbonyl (C=O) groups is 1. The standard InChI is InChI=1S/C19H15ClN2O5S/c1-25-11-6-13-12(15(7-11)26-2)8-14(19(23)24)22(13)9-10-5-16(27-21-10)17-3-4-18(20)28-17/h3-8H,9H2,1-2H3,(H,23,24). The Hall–Kier alpha value is -2.97. The van der Waals surface area contributed by atoms with Gasteiger partial charge in [-0.15, -0.1) is 11.3 Å². The molecule has 0 amide bonds. The van der Waals surface area contributed by atoms with E-state index in [0.717, 1.165) is 4.88 Å². The third-order valence-electron chi connectivity index (χ3n) is 4.33. The fourth-order valence-electron chi connectivity index (χ4n) is 3.05. The summed E-state index contributed by atoms with van der Waals surface area (Å²) >= 11 is 7.35. The second-order valence-electron chi connectivity index (χ2n) is 5.97. The average Bonchev–Trinajstić information content (AvgIpc) is 3.40. The van der Waals surface area contributed by atoms with Crippen LogP contribution >= 0.6 is 22.9 Å². The first-order valence-corrected chi connectivity index (χ1v) is 9.39. The fraction of sp³-hybridized carbons (Fsp3) is 0.158. The minimum atomic E-state index is -1.05. The summed E-state index contributed by atoms with van der Waals surface area (Å²) in [5, 5.41) is 14.4. The number of fused-ring (bicyclic) bond motifs is 1. The fourth-order valence-corrected chi connectivity index (χ4v) is 4.04. The maximum absolute atomic E-state index is 11.8. The maximum Gasteiger partial charge on any atom is 0.352 e. The molecular weight excluding hydrogens is 404 g/mol. The molecule has 0 saturated carbocycles. The monoisotopic (exact) mass is 418 g/mol. The highest BCUT2D eigenvalue weighted by Crippen LogP contribution is 2.35. The van der Waals surface area contributed by atoms with Crippen LogP contribution in [0.4, 0.5) is 0 Å². The number of ether oxygens (including phenoxy) is 2. The van der Waals surface area contributed by atoms with Gasteiger partial charge in [0.15, 0.2) is 5.76 Å². The number of thiophene rings is 1. The molecule has 9 heteroatoms. The van der Waals surface area contributed by atoms with Crippen LogP contribution in [0.25, 0.3) is 21.5 Å². The predicted molar refractivity (Wildman–Crippen MR) is 106 cm³/mol. The van der Waals surface area contributed by atoms with Gasteiger partial charge in [0, 0.05) is 23.6 Å². The van der Waals surface area contributed by atoms with Crippen LogP contribution in [0.3, 0.4) is 0 Å². The molecule has 0 aliphatic heterocycles. The first kappa shape index (κ1) is 18.4. The third kappa shape index (κ3) is 3.21. The smallest absolute Gasteiger partial charge is 0.352 e. The summed E-state index contributed by atoms with van der Waals surface area (Å²) in [7, 11) is 3.07. The first-order valence-electron chi connectivity index (χ1n) is 8.20. The molecule has 3 heterocycles. The minimum absolute atomic E-state index is 0.116. The number of halogens is 1. The summed E-state index contributed by atoms with van der Waals surface area (Å²) in [5.41, 5.74) is 1.36. The lowest BCUT2D eigenvalue weighted by Gasteiger charge is -2.09. The highest BCUT2D eigenvalue weighted by molar-refractivity contribution is 7.19. The van der Waals surface area contributed by atoms with Crippen molar-refractivity contribution < 1.29 is 23.9 Å². The van der Waals surface area contributed by atoms with E-state index in [2.05, 4.69) is 5.16 Å². The van der Waals surface area contributed by atoms with Crippen molar-refractivity contribution >= 4 is 39.8 Å². The van der Waals surface area contributed by atoms with Gasteiger partial charge in [-0.1, -0.05) is 16.8 Å². The number of nitrogens with zero attached hydrogens (tertiary/aromatic N) is 2. The molecule has 0 radical (unpaired) electrons. The molecule has 0 fully saturated rings. The zero-order chi connectivity index (χ0) is 19.8. The van der Waals surface area contributed by atoms with E-state index in [-0.39, 0.29) is 12.2 Å². The van der Waals surface area contributed by atoms with E-state index in [1.54, 1.807) is 42.0 Å². The second-order valence-corrected chi connectivity index (χ2v) is 7.68. The minimum Gasteiger partial charge on any atom is -0.497 e. The van der Waals surface area contributed by atoms with Crippen LogP contribution in [0.2, 0.25) is 4.34 Å². The lowest BCUT2D eigenvalue weighted by atomic mass is 10.2. The van der Waals surface area contributed by atoms with Gasteiger partial charge in [-0.3, -0.25) is 0 Å². The highest BCUT2D eigenvalue weighted by Gasteiger charge is 2.20. The molecule has 0 unspecified atom stereocenters. The normalized spacial score (nSPS) is 11.1. The second kappa shape index (κ2) is 7.21. The molecular formula is C19H15ClN2O5S. The summed E-state index contributed by atoms with van der Waals surface area (Å²) in [6.07, 6.45) is 0. The summed E-state index contributed by atoms with van der Waals surface area (Å²) in [5.74, 6) is 0.626. The van der Waals surface area contributed by atoms with Crippen molar-refractivity contribution in [3.8, 4) is 22.1 Å². The highest BCUT2D eigenvalue weighted by atomic mass is 35.5. The summed E-state index contributed by atoms with van der Waals surface area (Å²) in [6, 6.07) is 10.5. The van der Waals surface area contributed by atoms with Gasteiger partial charge < -0.3 is 23.7 Å². The number of carboxylic acid groups (broad SMARTS) is 1. The van der Waals surface area contributed by atoms with E-state index in [9.17, 15) is 9.90 Å². The number of hydrogen-bond acceptors (Lipinski definition) is 6. The Bertz CT molecular complexity index is 1180. The lowest BCUT2D eigenvalue weighted by Crippen LogP contribution is -2.09. The Labute approximate surface area is 168 Å².